The molecule has 0 bridgehead atoms. The van der Waals surface area contributed by atoms with Crippen LogP contribution in [0.2, 0.25) is 0 Å². The lowest BCUT2D eigenvalue weighted by atomic mass is 10.3. The summed E-state index contributed by atoms with van der Waals surface area (Å²) in [6, 6.07) is 5.27. The van der Waals surface area contributed by atoms with Crippen molar-refractivity contribution in [3.63, 3.8) is 0 Å². The second-order valence-corrected chi connectivity index (χ2v) is 3.18. The molecule has 17 heavy (non-hydrogen) atoms. The van der Waals surface area contributed by atoms with Gasteiger partial charge in [0.05, 0.1) is 5.69 Å². The zero-order chi connectivity index (χ0) is 12.5. The number of hydrogen-bond acceptors (Lipinski definition) is 4. The van der Waals surface area contributed by atoms with Crippen LogP contribution in [-0.2, 0) is 0 Å². The first-order chi connectivity index (χ1) is 7.96. The smallest absolute Gasteiger partial charge is 0.406 e. The highest BCUT2D eigenvalue weighted by molar-refractivity contribution is 5.36. The number of aryl methyl sites for hydroxylation is 1. The lowest BCUT2D eigenvalue weighted by molar-refractivity contribution is -0.274. The average molecular weight is 244 g/mol. The number of hydrogen-bond donors (Lipinski definition) is 0. The van der Waals surface area contributed by atoms with E-state index in [1.165, 1.54) is 28.9 Å². The normalized spacial score (nSPS) is 11.5. The number of rotatable bonds is 2. The van der Waals surface area contributed by atoms with Gasteiger partial charge in [0.15, 0.2) is 5.82 Å². The molecule has 0 saturated heterocycles. The second kappa shape index (κ2) is 4.04. The Balaban J connectivity index is 2.22. The van der Waals surface area contributed by atoms with E-state index in [9.17, 15) is 13.2 Å². The van der Waals surface area contributed by atoms with Crippen molar-refractivity contribution >= 4 is 0 Å². The maximum atomic E-state index is 11.9. The molecule has 0 N–H and O–H groups in total. The van der Waals surface area contributed by atoms with Crippen LogP contribution < -0.4 is 4.74 Å². The molecule has 0 atom stereocenters. The highest BCUT2D eigenvalue weighted by Crippen LogP contribution is 2.23. The fourth-order valence-corrected chi connectivity index (χ4v) is 1.26. The molecule has 0 radical (unpaired) electrons. The first kappa shape index (κ1) is 11.4. The van der Waals surface area contributed by atoms with Crippen molar-refractivity contribution < 1.29 is 17.9 Å². The Hall–Kier alpha value is -2.12. The summed E-state index contributed by atoms with van der Waals surface area (Å²) in [5.41, 5.74) is 0.557. The first-order valence-corrected chi connectivity index (χ1v) is 4.57. The fraction of sp³-hybridized carbons (Fsp3) is 0.222. The Kier molecular flexibility index (Phi) is 2.70. The number of ether oxygens (including phenoxy) is 1. The van der Waals surface area contributed by atoms with E-state index in [1.54, 1.807) is 6.92 Å². The number of alkyl halides is 3. The molecular formula is C9H7F3N4O. The van der Waals surface area contributed by atoms with Crippen molar-refractivity contribution in [2.45, 2.75) is 13.3 Å². The Bertz CT molecular complexity index is 506. The lowest BCUT2D eigenvalue weighted by Crippen LogP contribution is -2.17. The first-order valence-electron chi connectivity index (χ1n) is 4.57. The molecule has 0 saturated carbocycles. The van der Waals surface area contributed by atoms with Crippen LogP contribution in [0.3, 0.4) is 0 Å². The molecule has 0 aliphatic rings. The second-order valence-electron chi connectivity index (χ2n) is 3.18. The lowest BCUT2D eigenvalue weighted by Gasteiger charge is -2.09. The van der Waals surface area contributed by atoms with Crippen molar-refractivity contribution in [2.75, 3.05) is 0 Å². The van der Waals surface area contributed by atoms with Gasteiger partial charge in [-0.3, -0.25) is 0 Å². The van der Waals surface area contributed by atoms with Crippen molar-refractivity contribution in [3.8, 4) is 11.4 Å². The molecule has 0 aliphatic carbocycles. The van der Waals surface area contributed by atoms with Crippen LogP contribution in [0.4, 0.5) is 13.2 Å². The summed E-state index contributed by atoms with van der Waals surface area (Å²) in [4.78, 5) is 0. The summed E-state index contributed by atoms with van der Waals surface area (Å²) in [6.07, 6.45) is -4.69. The minimum atomic E-state index is -4.69. The molecule has 5 nitrogen and oxygen atoms in total. The molecule has 90 valence electrons. The summed E-state index contributed by atoms with van der Waals surface area (Å²) in [5, 5.41) is 10.8. The van der Waals surface area contributed by atoms with Crippen molar-refractivity contribution in [2.24, 2.45) is 0 Å². The summed E-state index contributed by atoms with van der Waals surface area (Å²) in [6.45, 7) is 1.68. The summed E-state index contributed by atoms with van der Waals surface area (Å²) >= 11 is 0. The van der Waals surface area contributed by atoms with Crippen LogP contribution in [0.15, 0.2) is 24.3 Å². The Morgan fingerprint density at radius 2 is 1.82 bits per heavy atom. The van der Waals surface area contributed by atoms with Gasteiger partial charge in [-0.05, 0) is 41.6 Å². The van der Waals surface area contributed by atoms with E-state index in [0.717, 1.165) is 0 Å². The number of benzene rings is 1. The molecule has 2 rings (SSSR count). The fourth-order valence-electron chi connectivity index (χ4n) is 1.26. The number of nitrogens with zero attached hydrogens (tertiary/aromatic N) is 4. The largest absolute Gasteiger partial charge is 0.573 e. The molecule has 0 unspecified atom stereocenters. The quantitative estimate of drug-likeness (QED) is 0.809. The molecule has 1 aromatic heterocycles. The van der Waals surface area contributed by atoms with Gasteiger partial charge in [0.2, 0.25) is 0 Å². The van der Waals surface area contributed by atoms with Gasteiger partial charge in [-0.25, -0.2) is 0 Å². The van der Waals surface area contributed by atoms with Crippen LogP contribution in [-0.4, -0.2) is 26.6 Å². The molecule has 1 heterocycles. The number of tetrazole rings is 1. The van der Waals surface area contributed by atoms with Gasteiger partial charge < -0.3 is 4.74 Å². The summed E-state index contributed by atoms with van der Waals surface area (Å²) in [7, 11) is 0. The van der Waals surface area contributed by atoms with Crippen molar-refractivity contribution in [3.05, 3.63) is 30.1 Å². The molecule has 0 fully saturated rings. The van der Waals surface area contributed by atoms with E-state index in [4.69, 9.17) is 0 Å². The Morgan fingerprint density at radius 1 is 1.18 bits per heavy atom. The maximum absolute atomic E-state index is 11.9. The SMILES string of the molecule is Cc1nnnn1-c1ccc(OC(F)(F)F)cc1. The third kappa shape index (κ3) is 2.71. The minimum Gasteiger partial charge on any atom is -0.406 e. The summed E-state index contributed by atoms with van der Waals surface area (Å²) in [5.74, 6) is 0.251. The molecule has 0 aliphatic heterocycles. The van der Waals surface area contributed by atoms with E-state index in [1.807, 2.05) is 0 Å². The van der Waals surface area contributed by atoms with Crippen LogP contribution in [0.5, 0.6) is 5.75 Å². The topological polar surface area (TPSA) is 52.8 Å². The highest BCUT2D eigenvalue weighted by atomic mass is 19.4. The van der Waals surface area contributed by atoms with Crippen molar-refractivity contribution in [1.82, 2.24) is 20.2 Å². The zero-order valence-corrected chi connectivity index (χ0v) is 8.64. The van der Waals surface area contributed by atoms with Crippen LogP contribution >= 0.6 is 0 Å². The molecule has 2 aromatic rings. The monoisotopic (exact) mass is 244 g/mol. The van der Waals surface area contributed by atoms with Gasteiger partial charge in [-0.15, -0.1) is 18.3 Å². The number of aromatic nitrogens is 4. The zero-order valence-electron chi connectivity index (χ0n) is 8.64. The van der Waals surface area contributed by atoms with Gasteiger partial charge in [0.25, 0.3) is 0 Å². The number of halogens is 3. The molecule has 8 heteroatoms. The Labute approximate surface area is 93.8 Å². The third-order valence-electron chi connectivity index (χ3n) is 1.94. The predicted octanol–water partition coefficient (Wildman–Crippen LogP) is 1.87. The maximum Gasteiger partial charge on any atom is 0.573 e. The molecule has 1 aromatic carbocycles. The van der Waals surface area contributed by atoms with Gasteiger partial charge in [-0.2, -0.15) is 4.68 Å². The van der Waals surface area contributed by atoms with Crippen LogP contribution in [0, 0.1) is 6.92 Å². The van der Waals surface area contributed by atoms with E-state index < -0.39 is 6.36 Å². The van der Waals surface area contributed by atoms with Crippen LogP contribution in [0.25, 0.3) is 5.69 Å². The summed E-state index contributed by atoms with van der Waals surface area (Å²) < 4.78 is 40.9. The average Bonchev–Trinajstić information content (AvgIpc) is 2.63. The Morgan fingerprint density at radius 3 is 2.29 bits per heavy atom. The van der Waals surface area contributed by atoms with Crippen molar-refractivity contribution in [1.29, 1.82) is 0 Å². The predicted molar refractivity (Wildman–Crippen MR) is 50.6 cm³/mol. The molecule has 0 spiro atoms. The van der Waals surface area contributed by atoms with Crippen LogP contribution in [0.1, 0.15) is 5.82 Å². The highest BCUT2D eigenvalue weighted by Gasteiger charge is 2.30. The minimum absolute atomic E-state index is 0.285. The van der Waals surface area contributed by atoms with E-state index in [2.05, 4.69) is 20.3 Å². The van der Waals surface area contributed by atoms with Gasteiger partial charge in [0, 0.05) is 0 Å². The standard InChI is InChI=1S/C9H7F3N4O/c1-6-13-14-15-16(6)7-2-4-8(5-3-7)17-9(10,11)12/h2-5H,1H3. The molecular weight excluding hydrogens is 237 g/mol. The van der Waals surface area contributed by atoms with E-state index in [-0.39, 0.29) is 5.75 Å². The van der Waals surface area contributed by atoms with Gasteiger partial charge in [-0.1, -0.05) is 0 Å². The van der Waals surface area contributed by atoms with Gasteiger partial charge in [0.1, 0.15) is 5.75 Å². The van der Waals surface area contributed by atoms with E-state index in [0.29, 0.717) is 11.5 Å². The van der Waals surface area contributed by atoms with E-state index >= 15 is 0 Å². The third-order valence-corrected chi connectivity index (χ3v) is 1.94. The molecule has 0 amide bonds. The van der Waals surface area contributed by atoms with Gasteiger partial charge >= 0.3 is 6.36 Å².